The van der Waals surface area contributed by atoms with Gasteiger partial charge in [-0.05, 0) is 30.9 Å². The van der Waals surface area contributed by atoms with Crippen molar-refractivity contribution in [2.45, 2.75) is 78.9 Å². The van der Waals surface area contributed by atoms with E-state index in [1.54, 1.807) is 25.1 Å². The summed E-state index contributed by atoms with van der Waals surface area (Å²) < 4.78 is 0. The molecule has 7 heteroatoms. The zero-order valence-electron chi connectivity index (χ0n) is 22.4. The Morgan fingerprint density at radius 3 is 1.94 bits per heavy atom. The van der Waals surface area contributed by atoms with Gasteiger partial charge in [-0.3, -0.25) is 9.59 Å². The first-order valence-electron chi connectivity index (χ1n) is 11.8. The van der Waals surface area contributed by atoms with E-state index in [4.69, 9.17) is 0 Å². The number of carboxylic acids is 1. The summed E-state index contributed by atoms with van der Waals surface area (Å²) in [5, 5.41) is 15.5. The van der Waals surface area contributed by atoms with Crippen LogP contribution in [0.5, 0.6) is 0 Å². The topological polar surface area (TPSA) is 98.7 Å². The highest BCUT2D eigenvalue weighted by Gasteiger charge is 2.41. The molecule has 190 valence electrons. The number of nitrogens with one attached hydrogen (secondary N) is 2. The Labute approximate surface area is 205 Å². The molecular weight excluding hydrogens is 430 g/mol. The van der Waals surface area contributed by atoms with Crippen molar-refractivity contribution in [1.82, 2.24) is 15.5 Å². The summed E-state index contributed by atoms with van der Waals surface area (Å²) >= 11 is 0. The summed E-state index contributed by atoms with van der Waals surface area (Å²) in [7, 11) is 3.40. The zero-order chi connectivity index (χ0) is 26.4. The minimum absolute atomic E-state index is 0.0124. The van der Waals surface area contributed by atoms with Crippen LogP contribution in [0.4, 0.5) is 0 Å². The number of rotatable bonds is 10. The van der Waals surface area contributed by atoms with Gasteiger partial charge in [-0.2, -0.15) is 0 Å². The van der Waals surface area contributed by atoms with Crippen LogP contribution >= 0.6 is 0 Å². The molecule has 0 bridgehead atoms. The van der Waals surface area contributed by atoms with Gasteiger partial charge in [0, 0.05) is 18.0 Å². The zero-order valence-corrected chi connectivity index (χ0v) is 22.4. The number of benzene rings is 1. The van der Waals surface area contributed by atoms with Crippen LogP contribution in [0.3, 0.4) is 0 Å². The van der Waals surface area contributed by atoms with Crippen LogP contribution in [0, 0.1) is 11.3 Å². The van der Waals surface area contributed by atoms with Crippen molar-refractivity contribution in [2.24, 2.45) is 11.3 Å². The SMILES string of the molecule is CN[C@@H](C(=O)N[C@H](C(=O)N(C)[C@H](/C=C(\C)C(=O)O)C(C)C)C(C)(C)C)C(C)(C)c1ccccc1. The maximum Gasteiger partial charge on any atom is 0.331 e. The molecule has 0 spiro atoms. The largest absolute Gasteiger partial charge is 0.478 e. The lowest BCUT2D eigenvalue weighted by molar-refractivity contribution is -0.141. The molecule has 0 heterocycles. The van der Waals surface area contributed by atoms with E-state index >= 15 is 0 Å². The number of nitrogens with zero attached hydrogens (tertiary/aromatic N) is 1. The standard InChI is InChI=1S/C27H43N3O4/c1-17(2)20(16-18(3)25(33)34)30(10)24(32)22(26(4,5)6)29-23(31)21(28-9)27(7,8)19-14-12-11-13-15-19/h11-17,20-22,28H,1-10H3,(H,29,31)(H,33,34)/b18-16+/t20-,21+,22-/m1/s1. The Kier molecular flexibility index (Phi) is 10.1. The van der Waals surface area contributed by atoms with Gasteiger partial charge < -0.3 is 20.6 Å². The fourth-order valence-corrected chi connectivity index (χ4v) is 4.16. The third-order valence-electron chi connectivity index (χ3n) is 6.43. The summed E-state index contributed by atoms with van der Waals surface area (Å²) in [6.45, 7) is 15.1. The Morgan fingerprint density at radius 1 is 1.00 bits per heavy atom. The van der Waals surface area contributed by atoms with Gasteiger partial charge in [-0.1, -0.05) is 84.9 Å². The van der Waals surface area contributed by atoms with E-state index in [0.29, 0.717) is 0 Å². The van der Waals surface area contributed by atoms with Gasteiger partial charge >= 0.3 is 5.97 Å². The molecule has 0 aliphatic carbocycles. The van der Waals surface area contributed by atoms with Gasteiger partial charge in [0.2, 0.25) is 11.8 Å². The van der Waals surface area contributed by atoms with Crippen molar-refractivity contribution in [3.63, 3.8) is 0 Å². The summed E-state index contributed by atoms with van der Waals surface area (Å²) in [6, 6.07) is 7.99. The van der Waals surface area contributed by atoms with E-state index in [-0.39, 0.29) is 23.3 Å². The molecule has 3 N–H and O–H groups in total. The smallest absolute Gasteiger partial charge is 0.331 e. The molecule has 3 atom stereocenters. The van der Waals surface area contributed by atoms with Crippen molar-refractivity contribution >= 4 is 17.8 Å². The highest BCUT2D eigenvalue weighted by Crippen LogP contribution is 2.29. The molecule has 1 rings (SSSR count). The van der Waals surface area contributed by atoms with E-state index in [2.05, 4.69) is 10.6 Å². The first-order chi connectivity index (χ1) is 15.5. The molecule has 7 nitrogen and oxygen atoms in total. The van der Waals surface area contributed by atoms with Crippen LogP contribution in [0.15, 0.2) is 42.0 Å². The van der Waals surface area contributed by atoms with Gasteiger partial charge in [0.05, 0.1) is 12.1 Å². The molecule has 0 saturated heterocycles. The molecule has 0 radical (unpaired) electrons. The predicted molar refractivity (Wildman–Crippen MR) is 136 cm³/mol. The number of carbonyl (C=O) groups excluding carboxylic acids is 2. The first kappa shape index (κ1) is 29.4. The molecular formula is C27H43N3O4. The fraction of sp³-hybridized carbons (Fsp3) is 0.593. The fourth-order valence-electron chi connectivity index (χ4n) is 4.16. The van der Waals surface area contributed by atoms with Crippen molar-refractivity contribution in [2.75, 3.05) is 14.1 Å². The van der Waals surface area contributed by atoms with Crippen LogP contribution in [-0.2, 0) is 19.8 Å². The monoisotopic (exact) mass is 473 g/mol. The highest BCUT2D eigenvalue weighted by molar-refractivity contribution is 5.91. The lowest BCUT2D eigenvalue weighted by atomic mass is 9.76. The molecule has 34 heavy (non-hydrogen) atoms. The average Bonchev–Trinajstić information content (AvgIpc) is 2.74. The van der Waals surface area contributed by atoms with E-state index in [0.717, 1.165) is 5.56 Å². The first-order valence-corrected chi connectivity index (χ1v) is 11.8. The number of hydrogen-bond donors (Lipinski definition) is 3. The molecule has 1 aromatic carbocycles. The molecule has 1 aromatic rings. The van der Waals surface area contributed by atoms with Crippen LogP contribution in [0.2, 0.25) is 0 Å². The second-order valence-corrected chi connectivity index (χ2v) is 11.0. The molecule has 2 amide bonds. The van der Waals surface area contributed by atoms with Gasteiger partial charge in [0.25, 0.3) is 0 Å². The number of aliphatic carboxylic acids is 1. The van der Waals surface area contributed by atoms with Crippen LogP contribution in [0.1, 0.15) is 61.0 Å². The third-order valence-corrected chi connectivity index (χ3v) is 6.43. The Morgan fingerprint density at radius 2 is 1.53 bits per heavy atom. The van der Waals surface area contributed by atoms with Crippen molar-refractivity contribution < 1.29 is 19.5 Å². The maximum atomic E-state index is 13.7. The maximum absolute atomic E-state index is 13.7. The second-order valence-electron chi connectivity index (χ2n) is 11.0. The number of hydrogen-bond acceptors (Lipinski definition) is 4. The van der Waals surface area contributed by atoms with E-state index in [9.17, 15) is 19.5 Å². The van der Waals surface area contributed by atoms with E-state index in [1.807, 2.05) is 78.8 Å². The van der Waals surface area contributed by atoms with E-state index < -0.39 is 34.9 Å². The quantitative estimate of drug-likeness (QED) is 0.451. The highest BCUT2D eigenvalue weighted by atomic mass is 16.4. The molecule has 0 aliphatic rings. The van der Waals surface area contributed by atoms with Crippen LogP contribution < -0.4 is 10.6 Å². The number of amides is 2. The van der Waals surface area contributed by atoms with Crippen molar-refractivity contribution in [3.05, 3.63) is 47.5 Å². The average molecular weight is 474 g/mol. The second kappa shape index (κ2) is 11.6. The number of carbonyl (C=O) groups is 3. The summed E-state index contributed by atoms with van der Waals surface area (Å²) in [6.07, 6.45) is 1.60. The molecule has 0 aromatic heterocycles. The summed E-state index contributed by atoms with van der Waals surface area (Å²) in [5.74, 6) is -1.56. The van der Waals surface area contributed by atoms with Crippen molar-refractivity contribution in [1.29, 1.82) is 0 Å². The van der Waals surface area contributed by atoms with Crippen molar-refractivity contribution in [3.8, 4) is 0 Å². The summed E-state index contributed by atoms with van der Waals surface area (Å²) in [4.78, 5) is 40.1. The number of carboxylic acid groups (broad SMARTS) is 1. The predicted octanol–water partition coefficient (Wildman–Crippen LogP) is 3.60. The van der Waals surface area contributed by atoms with E-state index in [1.165, 1.54) is 6.92 Å². The summed E-state index contributed by atoms with van der Waals surface area (Å²) in [5.41, 5.74) is 0.0895. The Balaban J connectivity index is 3.29. The van der Waals surface area contributed by atoms with Crippen LogP contribution in [-0.4, -0.2) is 60.0 Å². The number of likely N-dealkylation sites (N-methyl/N-ethyl adjacent to an activating group) is 2. The Hall–Kier alpha value is -2.67. The molecule has 0 unspecified atom stereocenters. The Bertz CT molecular complexity index is 885. The minimum atomic E-state index is -1.02. The molecule has 0 fully saturated rings. The normalized spacial score (nSPS) is 15.4. The lowest BCUT2D eigenvalue weighted by Crippen LogP contribution is -2.61. The van der Waals surface area contributed by atoms with Gasteiger partial charge in [0.15, 0.2) is 0 Å². The van der Waals surface area contributed by atoms with Gasteiger partial charge in [-0.25, -0.2) is 4.79 Å². The molecule has 0 aliphatic heterocycles. The van der Waals surface area contributed by atoms with Gasteiger partial charge in [-0.15, -0.1) is 0 Å². The lowest BCUT2D eigenvalue weighted by Gasteiger charge is -2.39. The third kappa shape index (κ3) is 7.16. The molecule has 0 saturated carbocycles. The van der Waals surface area contributed by atoms with Gasteiger partial charge in [0.1, 0.15) is 6.04 Å². The van der Waals surface area contributed by atoms with Crippen LogP contribution in [0.25, 0.3) is 0 Å². The minimum Gasteiger partial charge on any atom is -0.478 e.